The van der Waals surface area contributed by atoms with E-state index >= 15 is 0 Å². The average molecular weight is 310 g/mol. The highest BCUT2D eigenvalue weighted by Crippen LogP contribution is 2.35. The average Bonchev–Trinajstić information content (AvgIpc) is 2.91. The van der Waals surface area contributed by atoms with E-state index in [2.05, 4.69) is 4.90 Å². The summed E-state index contributed by atoms with van der Waals surface area (Å²) in [6.45, 7) is 4.36. The molecule has 1 aliphatic carbocycles. The molecule has 0 spiro atoms. The fraction of sp³-hybridized carbons (Fsp3) is 0.923. The molecule has 19 heavy (non-hydrogen) atoms. The lowest BCUT2D eigenvalue weighted by Gasteiger charge is -2.37. The van der Waals surface area contributed by atoms with Crippen molar-refractivity contribution in [3.05, 3.63) is 0 Å². The Balaban J connectivity index is 0.000000902. The molecule has 0 bridgehead atoms. The van der Waals surface area contributed by atoms with E-state index in [1.807, 2.05) is 4.90 Å². The zero-order valence-electron chi connectivity index (χ0n) is 11.3. The summed E-state index contributed by atoms with van der Waals surface area (Å²) in [5, 5.41) is 0. The molecular formula is C13H25Cl2N3O. The molecule has 112 valence electrons. The first kappa shape index (κ1) is 17.0. The molecular weight excluding hydrogens is 285 g/mol. The monoisotopic (exact) mass is 309 g/mol. The van der Waals surface area contributed by atoms with Gasteiger partial charge in [0.2, 0.25) is 5.91 Å². The Kier molecular flexibility index (Phi) is 5.93. The standard InChI is InChI=1S/C13H23N3O.2ClH/c14-13(5-6-13)12(17)16-9-3-11(4-10-16)15-7-1-2-8-15;;/h11H,1-10,14H2;2*1H. The van der Waals surface area contributed by atoms with Gasteiger partial charge in [0.1, 0.15) is 0 Å². The van der Waals surface area contributed by atoms with Gasteiger partial charge in [-0.05, 0) is 51.6 Å². The lowest BCUT2D eigenvalue weighted by Crippen LogP contribution is -2.51. The van der Waals surface area contributed by atoms with Crippen LogP contribution in [0.3, 0.4) is 0 Å². The first-order valence-corrected chi connectivity index (χ1v) is 7.01. The topological polar surface area (TPSA) is 49.6 Å². The Morgan fingerprint density at radius 3 is 2.00 bits per heavy atom. The van der Waals surface area contributed by atoms with E-state index in [1.165, 1.54) is 25.9 Å². The van der Waals surface area contributed by atoms with Crippen LogP contribution in [0.5, 0.6) is 0 Å². The molecule has 2 saturated heterocycles. The van der Waals surface area contributed by atoms with Gasteiger partial charge in [-0.15, -0.1) is 24.8 Å². The van der Waals surface area contributed by atoms with E-state index < -0.39 is 5.54 Å². The second-order valence-corrected chi connectivity index (χ2v) is 5.92. The summed E-state index contributed by atoms with van der Waals surface area (Å²) >= 11 is 0. The zero-order valence-corrected chi connectivity index (χ0v) is 13.0. The van der Waals surface area contributed by atoms with Gasteiger partial charge in [-0.3, -0.25) is 4.79 Å². The second kappa shape index (κ2) is 6.61. The molecule has 2 aliphatic heterocycles. The Morgan fingerprint density at radius 1 is 1.00 bits per heavy atom. The largest absolute Gasteiger partial charge is 0.341 e. The number of hydrogen-bond acceptors (Lipinski definition) is 3. The molecule has 0 radical (unpaired) electrons. The molecule has 0 aromatic heterocycles. The Morgan fingerprint density at radius 2 is 1.53 bits per heavy atom. The van der Waals surface area contributed by atoms with Gasteiger partial charge >= 0.3 is 0 Å². The van der Waals surface area contributed by atoms with Gasteiger partial charge in [0.25, 0.3) is 0 Å². The van der Waals surface area contributed by atoms with Crippen molar-refractivity contribution in [1.29, 1.82) is 0 Å². The maximum Gasteiger partial charge on any atom is 0.242 e. The van der Waals surface area contributed by atoms with Gasteiger partial charge in [-0.1, -0.05) is 0 Å². The summed E-state index contributed by atoms with van der Waals surface area (Å²) in [7, 11) is 0. The van der Waals surface area contributed by atoms with Crippen molar-refractivity contribution in [3.63, 3.8) is 0 Å². The van der Waals surface area contributed by atoms with E-state index in [-0.39, 0.29) is 30.7 Å². The van der Waals surface area contributed by atoms with Crippen molar-refractivity contribution in [2.45, 2.75) is 50.1 Å². The van der Waals surface area contributed by atoms with Crippen LogP contribution >= 0.6 is 24.8 Å². The van der Waals surface area contributed by atoms with Gasteiger partial charge in [0, 0.05) is 19.1 Å². The van der Waals surface area contributed by atoms with Gasteiger partial charge in [-0.25, -0.2) is 0 Å². The van der Waals surface area contributed by atoms with Gasteiger partial charge < -0.3 is 15.5 Å². The van der Waals surface area contributed by atoms with E-state index in [9.17, 15) is 4.79 Å². The number of amides is 1. The molecule has 3 aliphatic rings. The normalized spacial score (nSPS) is 26.5. The number of carbonyl (C=O) groups excluding carboxylic acids is 1. The van der Waals surface area contributed by atoms with E-state index in [0.717, 1.165) is 44.8 Å². The third-order valence-electron chi connectivity index (χ3n) is 4.62. The lowest BCUT2D eigenvalue weighted by molar-refractivity contribution is -0.135. The van der Waals surface area contributed by atoms with Crippen LogP contribution in [0.25, 0.3) is 0 Å². The molecule has 0 aromatic carbocycles. The number of likely N-dealkylation sites (tertiary alicyclic amines) is 2. The number of piperidine rings is 1. The Bertz CT molecular complexity index is 309. The summed E-state index contributed by atoms with van der Waals surface area (Å²) in [5.74, 6) is 0.206. The number of carbonyl (C=O) groups is 1. The van der Waals surface area contributed by atoms with E-state index in [1.54, 1.807) is 0 Å². The van der Waals surface area contributed by atoms with Crippen LogP contribution in [-0.2, 0) is 4.79 Å². The predicted octanol–water partition coefficient (Wildman–Crippen LogP) is 1.41. The maximum atomic E-state index is 12.1. The van der Waals surface area contributed by atoms with Crippen molar-refractivity contribution in [3.8, 4) is 0 Å². The zero-order chi connectivity index (χ0) is 11.9. The molecule has 1 saturated carbocycles. The predicted molar refractivity (Wildman–Crippen MR) is 81.1 cm³/mol. The minimum Gasteiger partial charge on any atom is -0.341 e. The number of nitrogens with zero attached hydrogens (tertiary/aromatic N) is 2. The molecule has 3 rings (SSSR count). The van der Waals surface area contributed by atoms with Crippen LogP contribution in [-0.4, -0.2) is 53.5 Å². The lowest BCUT2D eigenvalue weighted by atomic mass is 10.0. The van der Waals surface area contributed by atoms with Gasteiger partial charge in [-0.2, -0.15) is 0 Å². The first-order chi connectivity index (χ1) is 8.19. The van der Waals surface area contributed by atoms with Crippen molar-refractivity contribution in [1.82, 2.24) is 9.80 Å². The molecule has 6 heteroatoms. The SMILES string of the molecule is Cl.Cl.NC1(C(=O)N2CCC(N3CCCC3)CC2)CC1. The summed E-state index contributed by atoms with van der Waals surface area (Å²) < 4.78 is 0. The van der Waals surface area contributed by atoms with Crippen LogP contribution in [0.15, 0.2) is 0 Å². The molecule has 3 fully saturated rings. The van der Waals surface area contributed by atoms with E-state index in [0.29, 0.717) is 0 Å². The van der Waals surface area contributed by atoms with Crippen molar-refractivity contribution < 1.29 is 4.79 Å². The Labute approximate surface area is 127 Å². The Hall–Kier alpha value is -0.0300. The number of halogens is 2. The smallest absolute Gasteiger partial charge is 0.242 e. The number of hydrogen-bond donors (Lipinski definition) is 1. The number of nitrogens with two attached hydrogens (primary N) is 1. The minimum atomic E-state index is -0.472. The van der Waals surface area contributed by atoms with E-state index in [4.69, 9.17) is 5.73 Å². The second-order valence-electron chi connectivity index (χ2n) is 5.92. The van der Waals surface area contributed by atoms with Crippen LogP contribution in [0, 0.1) is 0 Å². The van der Waals surface area contributed by atoms with Crippen LogP contribution in [0.4, 0.5) is 0 Å². The molecule has 0 aromatic rings. The fourth-order valence-electron chi connectivity index (χ4n) is 3.20. The summed E-state index contributed by atoms with van der Waals surface area (Å²) in [4.78, 5) is 16.7. The van der Waals surface area contributed by atoms with Crippen molar-refractivity contribution >= 4 is 30.7 Å². The van der Waals surface area contributed by atoms with Gasteiger partial charge in [0.15, 0.2) is 0 Å². The molecule has 0 atom stereocenters. The minimum absolute atomic E-state index is 0. The quantitative estimate of drug-likeness (QED) is 0.839. The molecule has 1 amide bonds. The molecule has 2 N–H and O–H groups in total. The van der Waals surface area contributed by atoms with Crippen LogP contribution < -0.4 is 5.73 Å². The highest BCUT2D eigenvalue weighted by molar-refractivity contribution is 5.89. The van der Waals surface area contributed by atoms with Crippen molar-refractivity contribution in [2.75, 3.05) is 26.2 Å². The highest BCUT2D eigenvalue weighted by Gasteiger charge is 2.48. The molecule has 2 heterocycles. The highest BCUT2D eigenvalue weighted by atomic mass is 35.5. The first-order valence-electron chi connectivity index (χ1n) is 7.01. The van der Waals surface area contributed by atoms with Crippen molar-refractivity contribution in [2.24, 2.45) is 5.73 Å². The summed E-state index contributed by atoms with van der Waals surface area (Å²) in [6, 6.07) is 0.717. The molecule has 0 unspecified atom stereocenters. The third-order valence-corrected chi connectivity index (χ3v) is 4.62. The summed E-state index contributed by atoms with van der Waals surface area (Å²) in [5.41, 5.74) is 5.50. The van der Waals surface area contributed by atoms with Gasteiger partial charge in [0.05, 0.1) is 5.54 Å². The summed E-state index contributed by atoms with van der Waals surface area (Å²) in [6.07, 6.45) is 6.76. The fourth-order valence-corrected chi connectivity index (χ4v) is 3.20. The third kappa shape index (κ3) is 3.54. The number of rotatable bonds is 2. The van der Waals surface area contributed by atoms with Crippen LogP contribution in [0.2, 0.25) is 0 Å². The maximum absolute atomic E-state index is 12.1. The molecule has 4 nitrogen and oxygen atoms in total. The van der Waals surface area contributed by atoms with Crippen LogP contribution in [0.1, 0.15) is 38.5 Å².